The van der Waals surface area contributed by atoms with Gasteiger partial charge in [0.05, 0.1) is 0 Å². The monoisotopic (exact) mass is 312 g/mol. The number of aliphatic hydroxyl groups is 1. The minimum absolute atomic E-state index is 0.116. The highest BCUT2D eigenvalue weighted by Gasteiger charge is 2.08. The zero-order valence-electron chi connectivity index (χ0n) is 13.2. The number of hydrogen-bond donors (Lipinski definition) is 2. The van der Waals surface area contributed by atoms with Crippen LogP contribution >= 0.6 is 0 Å². The van der Waals surface area contributed by atoms with Gasteiger partial charge in [-0.15, -0.1) is 0 Å². The van der Waals surface area contributed by atoms with Gasteiger partial charge in [-0.25, -0.2) is 0 Å². The molecule has 0 aliphatic heterocycles. The summed E-state index contributed by atoms with van der Waals surface area (Å²) in [6, 6.07) is 8.39. The van der Waals surface area contributed by atoms with E-state index < -0.39 is 0 Å². The Labute approximate surface area is 135 Å². The SMILES string of the molecule is CC(C)=CCc1ccc(O)c(/C=C/C(=O)c2ccc(CO)o2)c1. The number of furan rings is 1. The van der Waals surface area contributed by atoms with Crippen molar-refractivity contribution in [3.8, 4) is 5.75 Å². The van der Waals surface area contributed by atoms with E-state index in [1.165, 1.54) is 17.7 Å². The quantitative estimate of drug-likeness (QED) is 0.482. The second-order valence-electron chi connectivity index (χ2n) is 5.50. The van der Waals surface area contributed by atoms with E-state index in [4.69, 9.17) is 9.52 Å². The first kappa shape index (κ1) is 16.8. The smallest absolute Gasteiger partial charge is 0.221 e. The number of phenols is 1. The van der Waals surface area contributed by atoms with Crippen LogP contribution in [0.1, 0.15) is 41.3 Å². The summed E-state index contributed by atoms with van der Waals surface area (Å²) in [6.07, 6.45) is 5.78. The van der Waals surface area contributed by atoms with Crippen molar-refractivity contribution in [2.45, 2.75) is 26.9 Å². The first-order valence-corrected chi connectivity index (χ1v) is 7.37. The van der Waals surface area contributed by atoms with Gasteiger partial charge in [0.15, 0.2) is 5.76 Å². The van der Waals surface area contributed by atoms with Crippen LogP contribution in [0.5, 0.6) is 5.75 Å². The first-order valence-electron chi connectivity index (χ1n) is 7.37. The van der Waals surface area contributed by atoms with Gasteiger partial charge < -0.3 is 14.6 Å². The molecule has 1 aromatic heterocycles. The van der Waals surface area contributed by atoms with Gasteiger partial charge in [-0.2, -0.15) is 0 Å². The number of phenolic OH excluding ortho intramolecular Hbond substituents is 1. The molecule has 0 spiro atoms. The van der Waals surface area contributed by atoms with E-state index in [1.807, 2.05) is 26.0 Å². The molecular formula is C19H20O4. The fourth-order valence-corrected chi connectivity index (χ4v) is 2.03. The van der Waals surface area contributed by atoms with Crippen LogP contribution in [0, 0.1) is 0 Å². The number of carbonyl (C=O) groups is 1. The van der Waals surface area contributed by atoms with E-state index in [-0.39, 0.29) is 23.9 Å². The van der Waals surface area contributed by atoms with Crippen LogP contribution in [0.2, 0.25) is 0 Å². The third-order valence-electron chi connectivity index (χ3n) is 3.31. The third-order valence-corrected chi connectivity index (χ3v) is 3.31. The fourth-order valence-electron chi connectivity index (χ4n) is 2.03. The van der Waals surface area contributed by atoms with Crippen LogP contribution in [0.4, 0.5) is 0 Å². The molecule has 0 atom stereocenters. The normalized spacial score (nSPS) is 10.9. The minimum atomic E-state index is -0.321. The van der Waals surface area contributed by atoms with Crippen LogP contribution in [0.3, 0.4) is 0 Å². The number of aromatic hydroxyl groups is 1. The maximum atomic E-state index is 12.0. The van der Waals surface area contributed by atoms with Gasteiger partial charge >= 0.3 is 0 Å². The Balaban J connectivity index is 2.16. The molecule has 23 heavy (non-hydrogen) atoms. The van der Waals surface area contributed by atoms with E-state index in [0.29, 0.717) is 11.3 Å². The predicted octanol–water partition coefficient (Wildman–Crippen LogP) is 3.88. The highest BCUT2D eigenvalue weighted by Crippen LogP contribution is 2.21. The topological polar surface area (TPSA) is 70.7 Å². The molecule has 4 nitrogen and oxygen atoms in total. The van der Waals surface area contributed by atoms with Crippen LogP contribution in [0.15, 0.2) is 52.5 Å². The van der Waals surface area contributed by atoms with Crippen molar-refractivity contribution < 1.29 is 19.4 Å². The molecule has 0 saturated carbocycles. The molecule has 2 aromatic rings. The minimum Gasteiger partial charge on any atom is -0.507 e. The van der Waals surface area contributed by atoms with E-state index in [1.54, 1.807) is 18.2 Å². The maximum absolute atomic E-state index is 12.0. The van der Waals surface area contributed by atoms with Gasteiger partial charge in [-0.05, 0) is 62.2 Å². The Morgan fingerprint density at radius 1 is 1.22 bits per heavy atom. The van der Waals surface area contributed by atoms with Crippen molar-refractivity contribution in [2.24, 2.45) is 0 Å². The molecular weight excluding hydrogens is 292 g/mol. The summed E-state index contributed by atoms with van der Waals surface area (Å²) in [7, 11) is 0. The molecule has 0 amide bonds. The first-order chi connectivity index (χ1) is 11.0. The number of aliphatic hydroxyl groups excluding tert-OH is 1. The molecule has 1 heterocycles. The lowest BCUT2D eigenvalue weighted by Crippen LogP contribution is -1.91. The van der Waals surface area contributed by atoms with Crippen LogP contribution in [-0.4, -0.2) is 16.0 Å². The Hall–Kier alpha value is -2.59. The number of carbonyl (C=O) groups excluding carboxylic acids is 1. The largest absolute Gasteiger partial charge is 0.507 e. The lowest BCUT2D eigenvalue weighted by molar-refractivity contribution is 0.101. The number of benzene rings is 1. The van der Waals surface area contributed by atoms with Gasteiger partial charge in [0.25, 0.3) is 0 Å². The lowest BCUT2D eigenvalue weighted by Gasteiger charge is -2.03. The van der Waals surface area contributed by atoms with E-state index in [2.05, 4.69) is 6.08 Å². The zero-order valence-corrected chi connectivity index (χ0v) is 13.2. The fraction of sp³-hybridized carbons (Fsp3) is 0.211. The van der Waals surface area contributed by atoms with Crippen LogP contribution < -0.4 is 0 Å². The summed E-state index contributed by atoms with van der Waals surface area (Å²) in [5, 5.41) is 18.8. The summed E-state index contributed by atoms with van der Waals surface area (Å²) in [6.45, 7) is 3.82. The molecule has 0 bridgehead atoms. The molecule has 2 N–H and O–H groups in total. The molecule has 1 aromatic carbocycles. The second kappa shape index (κ2) is 7.61. The summed E-state index contributed by atoms with van der Waals surface area (Å²) in [5.74, 6) is 0.295. The summed E-state index contributed by atoms with van der Waals surface area (Å²) in [5.41, 5.74) is 2.85. The van der Waals surface area contributed by atoms with Crippen molar-refractivity contribution >= 4 is 11.9 Å². The zero-order chi connectivity index (χ0) is 16.8. The third kappa shape index (κ3) is 4.69. The average Bonchev–Trinajstić information content (AvgIpc) is 3.01. The Morgan fingerprint density at radius 2 is 2.00 bits per heavy atom. The molecule has 2 rings (SSSR count). The maximum Gasteiger partial charge on any atom is 0.221 e. The molecule has 4 heteroatoms. The van der Waals surface area contributed by atoms with Crippen LogP contribution in [0.25, 0.3) is 6.08 Å². The summed E-state index contributed by atoms with van der Waals surface area (Å²) in [4.78, 5) is 12.0. The molecule has 0 aliphatic carbocycles. The van der Waals surface area contributed by atoms with Crippen molar-refractivity contribution in [2.75, 3.05) is 0 Å². The number of rotatable bonds is 6. The van der Waals surface area contributed by atoms with Gasteiger partial charge in [0, 0.05) is 5.56 Å². The lowest BCUT2D eigenvalue weighted by atomic mass is 10.0. The predicted molar refractivity (Wildman–Crippen MR) is 89.2 cm³/mol. The van der Waals surface area contributed by atoms with Crippen molar-refractivity contribution in [1.29, 1.82) is 0 Å². The highest BCUT2D eigenvalue weighted by atomic mass is 16.4. The number of allylic oxidation sites excluding steroid dienone is 3. The van der Waals surface area contributed by atoms with Crippen molar-refractivity contribution in [1.82, 2.24) is 0 Å². The molecule has 120 valence electrons. The van der Waals surface area contributed by atoms with Gasteiger partial charge in [-0.1, -0.05) is 17.7 Å². The molecule has 0 saturated heterocycles. The molecule has 0 radical (unpaired) electrons. The Kier molecular flexibility index (Phi) is 5.55. The van der Waals surface area contributed by atoms with Gasteiger partial charge in [0.2, 0.25) is 5.78 Å². The van der Waals surface area contributed by atoms with E-state index >= 15 is 0 Å². The Morgan fingerprint density at radius 3 is 2.65 bits per heavy atom. The number of hydrogen-bond acceptors (Lipinski definition) is 4. The molecule has 0 unspecified atom stereocenters. The van der Waals surface area contributed by atoms with Crippen molar-refractivity contribution in [3.05, 3.63) is 70.7 Å². The van der Waals surface area contributed by atoms with E-state index in [9.17, 15) is 9.90 Å². The Bertz CT molecular complexity index is 746. The van der Waals surface area contributed by atoms with E-state index in [0.717, 1.165) is 12.0 Å². The molecule has 0 aliphatic rings. The van der Waals surface area contributed by atoms with Crippen molar-refractivity contribution in [3.63, 3.8) is 0 Å². The highest BCUT2D eigenvalue weighted by molar-refractivity contribution is 6.05. The average molecular weight is 312 g/mol. The number of ketones is 1. The second-order valence-corrected chi connectivity index (χ2v) is 5.50. The van der Waals surface area contributed by atoms with Crippen LogP contribution in [-0.2, 0) is 13.0 Å². The summed E-state index contributed by atoms with van der Waals surface area (Å²) >= 11 is 0. The van der Waals surface area contributed by atoms with Gasteiger partial charge in [0.1, 0.15) is 18.1 Å². The standard InChI is InChI=1S/C19H20O4/c1-13(2)3-4-14-5-8-17(21)15(11-14)6-9-18(22)19-10-7-16(12-20)23-19/h3,5-11,20-21H,4,12H2,1-2H3/b9-6+. The summed E-state index contributed by atoms with van der Waals surface area (Å²) < 4.78 is 5.18. The molecule has 0 fully saturated rings. The van der Waals surface area contributed by atoms with Gasteiger partial charge in [-0.3, -0.25) is 4.79 Å².